The highest BCUT2D eigenvalue weighted by Gasteiger charge is 2.31. The van der Waals surface area contributed by atoms with Crippen molar-refractivity contribution in [1.82, 2.24) is 0 Å². The molecule has 0 atom stereocenters. The van der Waals surface area contributed by atoms with Gasteiger partial charge in [0.25, 0.3) is 0 Å². The predicted octanol–water partition coefficient (Wildman–Crippen LogP) is 37.8. The van der Waals surface area contributed by atoms with Crippen LogP contribution in [-0.2, 0) is 0 Å². The second-order valence-electron chi connectivity index (χ2n) is 30.0. The maximum absolute atomic E-state index is 2.40. The first-order chi connectivity index (χ1) is 63.3. The third-order valence-electron chi connectivity index (χ3n) is 23.9. The van der Waals surface area contributed by atoms with E-state index in [1.807, 2.05) is 111 Å². The van der Waals surface area contributed by atoms with Crippen LogP contribution in [0.2, 0.25) is 0 Å². The zero-order valence-electron chi connectivity index (χ0n) is 78.7. The van der Waals surface area contributed by atoms with Crippen molar-refractivity contribution in [2.75, 3.05) is 47.8 Å². The lowest BCUT2D eigenvalue weighted by atomic mass is 9.89. The number of hydrogen-bond acceptors (Lipinski definition) is 4. The molecule has 4 heterocycles. The Morgan fingerprint density at radius 2 is 0.305 bits per heavy atom. The molecule has 0 spiro atoms. The summed E-state index contributed by atoms with van der Waals surface area (Å²) >= 11 is 0. The first-order valence-electron chi connectivity index (χ1n) is 46.8. The zero-order chi connectivity index (χ0) is 90.7. The highest BCUT2D eigenvalue weighted by molar-refractivity contribution is 6.18. The minimum absolute atomic E-state index is 1.25. The fourth-order valence-electron chi connectivity index (χ4n) is 18.6. The second-order valence-corrected chi connectivity index (χ2v) is 30.0. The van der Waals surface area contributed by atoms with E-state index < -0.39 is 0 Å². The van der Waals surface area contributed by atoms with Gasteiger partial charge in [-0.25, -0.2) is 0 Å². The lowest BCUT2D eigenvalue weighted by Crippen LogP contribution is -2.11. The molecule has 20 aromatic carbocycles. The summed E-state index contributed by atoms with van der Waals surface area (Å²) in [7, 11) is 8.77. The molecular formula is C124H124N4. The van der Waals surface area contributed by atoms with E-state index in [1.165, 1.54) is 221 Å². The Hall–Kier alpha value is -14.3. The van der Waals surface area contributed by atoms with Crippen LogP contribution in [0.1, 0.15) is 111 Å². The highest BCUT2D eigenvalue weighted by atomic mass is 15.1. The first-order valence-corrected chi connectivity index (χ1v) is 46.8. The van der Waals surface area contributed by atoms with Gasteiger partial charge in [0.2, 0.25) is 0 Å². The minimum Gasteiger partial charge on any atom is -0.344 e. The molecule has 24 rings (SSSR count). The van der Waals surface area contributed by atoms with Crippen LogP contribution < -0.4 is 19.6 Å². The third kappa shape index (κ3) is 17.1. The molecule has 0 fully saturated rings. The average molecular weight is 1670 g/mol. The Morgan fingerprint density at radius 1 is 0.125 bits per heavy atom. The van der Waals surface area contributed by atoms with Crippen molar-refractivity contribution in [2.24, 2.45) is 0 Å². The fraction of sp³-hybridized carbons (Fsp3) is 0.161. The second kappa shape index (κ2) is 42.6. The van der Waals surface area contributed by atoms with Gasteiger partial charge >= 0.3 is 0 Å². The molecule has 0 saturated carbocycles. The summed E-state index contributed by atoms with van der Waals surface area (Å²) in [5, 5.41) is 20.5. The molecule has 0 amide bonds. The number of anilines is 8. The van der Waals surface area contributed by atoms with Crippen molar-refractivity contribution in [2.45, 2.75) is 111 Å². The number of benzene rings is 20. The van der Waals surface area contributed by atoms with Crippen molar-refractivity contribution < 1.29 is 0 Å². The van der Waals surface area contributed by atoms with Crippen molar-refractivity contribution in [1.29, 1.82) is 0 Å². The van der Waals surface area contributed by atoms with Gasteiger partial charge in [0, 0.05) is 118 Å². The summed E-state index contributed by atoms with van der Waals surface area (Å²) in [6.45, 7) is 32.0. The standard InChI is InChI=1S/4C27H19N.8C2H6/c1-28-26-16-20-10-4-2-8-18(20)14-24(26)22-12-6-7-13-23(22)25-15-19-9-3-5-11-21(19)17-27(25)28;1-28-24-16-14-18-8-2-4-10-20(18)26(24)22-12-6-7-13-23(22)27-21-11-5-3-9-19(21)15-17-25(27)28;1-28-26-20-10-4-2-8-18(20)14-16-24(26)22-12-6-7-13-23(22)25-17-15-19-9-3-5-11-21(19)27(25)28;1-28-25-15-14-18-8-4-5-11-21(18)27(25)23-13-7-6-12-22(23)24-16-19-9-2-3-10-20(19)17-26(24)28;8*1-2/h4*2-17H,1H3;8*1-2H3. The Morgan fingerprint density at radius 3 is 0.586 bits per heavy atom. The van der Waals surface area contributed by atoms with Gasteiger partial charge < -0.3 is 19.6 Å². The zero-order valence-corrected chi connectivity index (χ0v) is 78.7. The summed E-state index contributed by atoms with van der Waals surface area (Å²) in [5.41, 5.74) is 30.8. The van der Waals surface area contributed by atoms with E-state index in [0.717, 1.165) is 0 Å². The number of hydrogen-bond donors (Lipinski definition) is 0. The van der Waals surface area contributed by atoms with Gasteiger partial charge in [0.1, 0.15) is 0 Å². The van der Waals surface area contributed by atoms with E-state index in [9.17, 15) is 0 Å². The van der Waals surface area contributed by atoms with Crippen LogP contribution in [0, 0.1) is 0 Å². The molecule has 0 aliphatic carbocycles. The molecule has 20 aromatic rings. The predicted molar refractivity (Wildman–Crippen MR) is 572 cm³/mol. The molecule has 4 aliphatic heterocycles. The quantitative estimate of drug-likeness (QED) is 0.150. The van der Waals surface area contributed by atoms with E-state index >= 15 is 0 Å². The maximum Gasteiger partial charge on any atom is 0.0567 e. The average Bonchev–Trinajstić information content (AvgIpc) is 1.60. The van der Waals surface area contributed by atoms with E-state index in [4.69, 9.17) is 0 Å². The van der Waals surface area contributed by atoms with E-state index in [2.05, 4.69) is 436 Å². The molecule has 128 heavy (non-hydrogen) atoms. The lowest BCUT2D eigenvalue weighted by Gasteiger charge is -2.25. The Bertz CT molecular complexity index is 6830. The molecule has 0 bridgehead atoms. The summed E-state index contributed by atoms with van der Waals surface area (Å²) in [5.74, 6) is 0. The Balaban J connectivity index is 0.000000138. The van der Waals surface area contributed by atoms with Crippen molar-refractivity contribution in [3.05, 3.63) is 388 Å². The van der Waals surface area contributed by atoms with Gasteiger partial charge in [0.05, 0.1) is 11.4 Å². The minimum atomic E-state index is 1.25. The molecule has 0 saturated heterocycles. The summed E-state index contributed by atoms with van der Waals surface area (Å²) in [4.78, 5) is 9.45. The van der Waals surface area contributed by atoms with Crippen LogP contribution in [0.5, 0.6) is 0 Å². The van der Waals surface area contributed by atoms with Crippen molar-refractivity contribution >= 4 is 132 Å². The lowest BCUT2D eigenvalue weighted by molar-refractivity contribution is 1.23. The smallest absolute Gasteiger partial charge is 0.0567 e. The van der Waals surface area contributed by atoms with Crippen LogP contribution in [-0.4, -0.2) is 28.2 Å². The molecule has 4 heteroatoms. The van der Waals surface area contributed by atoms with Crippen LogP contribution in [0.3, 0.4) is 0 Å². The topological polar surface area (TPSA) is 13.0 Å². The van der Waals surface area contributed by atoms with Gasteiger partial charge in [0.15, 0.2) is 0 Å². The van der Waals surface area contributed by atoms with Gasteiger partial charge in [-0.05, 0) is 175 Å². The normalized spacial score (nSPS) is 11.2. The first kappa shape index (κ1) is 91.4. The summed E-state index contributed by atoms with van der Waals surface area (Å²) in [6, 6.07) is 141. The third-order valence-corrected chi connectivity index (χ3v) is 23.9. The van der Waals surface area contributed by atoms with E-state index in [-0.39, 0.29) is 0 Å². The van der Waals surface area contributed by atoms with Gasteiger partial charge in [-0.1, -0.05) is 444 Å². The molecule has 640 valence electrons. The molecule has 0 radical (unpaired) electrons. The molecule has 4 nitrogen and oxygen atoms in total. The SMILES string of the molecule is CC.CC.CC.CC.CC.CC.CC.CC.CN1c2c(ccc3ccccc23)-c2ccccc2-c2ccc3ccccc3c21.CN1c2cc3ccccc3cc2-c2ccccc2-c2c1ccc1ccccc21.CN1c2cc3ccccc3cc2-c2ccccc2-c2cc3ccccc3cc21.CN1c2ccc3ccccc3c2-c2ccccc2-c2c1ccc1ccccc21. The van der Waals surface area contributed by atoms with Crippen LogP contribution in [0.25, 0.3) is 175 Å². The molecule has 0 N–H and O–H groups in total. The van der Waals surface area contributed by atoms with Gasteiger partial charge in [-0.3, -0.25) is 0 Å². The van der Waals surface area contributed by atoms with Gasteiger partial charge in [-0.15, -0.1) is 0 Å². The largest absolute Gasteiger partial charge is 0.344 e. The van der Waals surface area contributed by atoms with Crippen molar-refractivity contribution in [3.8, 4) is 89.0 Å². The van der Waals surface area contributed by atoms with Crippen LogP contribution in [0.15, 0.2) is 388 Å². The van der Waals surface area contributed by atoms with E-state index in [0.29, 0.717) is 0 Å². The molecule has 4 aliphatic rings. The number of nitrogens with zero attached hydrogens (tertiary/aromatic N) is 4. The fourth-order valence-corrected chi connectivity index (χ4v) is 18.6. The van der Waals surface area contributed by atoms with Crippen LogP contribution >= 0.6 is 0 Å². The monoisotopic (exact) mass is 1670 g/mol. The Kier molecular flexibility index (Phi) is 30.4. The maximum atomic E-state index is 2.40. The Labute approximate surface area is 762 Å². The van der Waals surface area contributed by atoms with E-state index in [1.54, 1.807) is 0 Å². The summed E-state index contributed by atoms with van der Waals surface area (Å²) < 4.78 is 0. The van der Waals surface area contributed by atoms with Gasteiger partial charge in [-0.2, -0.15) is 0 Å². The number of rotatable bonds is 0. The van der Waals surface area contributed by atoms with Crippen LogP contribution in [0.4, 0.5) is 45.5 Å². The summed E-state index contributed by atoms with van der Waals surface area (Å²) in [6.07, 6.45) is 0. The molecular weight excluding hydrogens is 1550 g/mol. The highest BCUT2D eigenvalue weighted by Crippen LogP contribution is 2.56. The molecule has 0 unspecified atom stereocenters. The number of fused-ring (bicyclic) bond motifs is 33. The van der Waals surface area contributed by atoms with Crippen molar-refractivity contribution in [3.63, 3.8) is 0 Å². The molecule has 0 aromatic heterocycles.